The molecule has 1 unspecified atom stereocenters. The molecule has 50 heavy (non-hydrogen) atoms. The lowest BCUT2D eigenvalue weighted by molar-refractivity contribution is -0.183. The highest BCUT2D eigenvalue weighted by molar-refractivity contribution is 5.99. The molecule has 0 saturated carbocycles. The molecule has 0 bridgehead atoms. The molecule has 3 heterocycles. The summed E-state index contributed by atoms with van der Waals surface area (Å²) in [6.07, 6.45) is -10.4. The normalized spacial score (nSPS) is 17.5. The number of alkyl halides is 6. The minimum Gasteiger partial charge on any atom is -0.480 e. The number of carboxylic acids is 1. The van der Waals surface area contributed by atoms with Crippen molar-refractivity contribution in [3.05, 3.63) is 93.0 Å². The maximum absolute atomic E-state index is 15.2. The first-order valence-corrected chi connectivity index (χ1v) is 14.9. The molecular weight excluding hydrogens is 684 g/mol. The van der Waals surface area contributed by atoms with Crippen LogP contribution >= 0.6 is 0 Å². The van der Waals surface area contributed by atoms with Gasteiger partial charge in [0.25, 0.3) is 11.5 Å². The summed E-state index contributed by atoms with van der Waals surface area (Å²) in [5, 5.41) is 12.1. The molecule has 3 atom stereocenters. The Labute approximate surface area is 278 Å². The number of carbonyl (C=O) groups excluding carboxylic acids is 1. The Morgan fingerprint density at radius 3 is 2.34 bits per heavy atom. The zero-order chi connectivity index (χ0) is 36.9. The van der Waals surface area contributed by atoms with E-state index in [1.54, 1.807) is 0 Å². The highest BCUT2D eigenvalue weighted by Crippen LogP contribution is 2.39. The van der Waals surface area contributed by atoms with Crippen LogP contribution in [0.2, 0.25) is 0 Å². The second kappa shape index (κ2) is 13.3. The smallest absolute Gasteiger partial charge is 0.417 e. The zero-order valence-electron chi connectivity index (χ0n) is 26.4. The predicted octanol–water partition coefficient (Wildman–Crippen LogP) is 5.79. The number of halogens is 8. The molecule has 0 radical (unpaired) electrons. The molecule has 17 heteroatoms. The topological polar surface area (TPSA) is 114 Å². The van der Waals surface area contributed by atoms with E-state index in [0.29, 0.717) is 17.0 Å². The van der Waals surface area contributed by atoms with Crippen LogP contribution in [-0.4, -0.2) is 64.0 Å². The number of carbonyl (C=O) groups is 2. The van der Waals surface area contributed by atoms with Gasteiger partial charge in [-0.2, -0.15) is 26.3 Å². The first-order valence-electron chi connectivity index (χ1n) is 14.9. The first kappa shape index (κ1) is 36.2. The molecule has 9 nitrogen and oxygen atoms in total. The number of ether oxygens (including phenoxy) is 1. The van der Waals surface area contributed by atoms with Crippen molar-refractivity contribution in [1.82, 2.24) is 14.9 Å². The first-order chi connectivity index (χ1) is 23.3. The molecule has 1 saturated heterocycles. The molecule has 5 rings (SSSR count). The van der Waals surface area contributed by atoms with Gasteiger partial charge in [0.05, 0.1) is 29.4 Å². The Morgan fingerprint density at radius 2 is 1.74 bits per heavy atom. The number of hydrogen-bond donors (Lipinski definition) is 2. The lowest BCUT2D eigenvalue weighted by Crippen LogP contribution is -2.57. The molecule has 2 aromatic carbocycles. The van der Waals surface area contributed by atoms with Crippen molar-refractivity contribution in [1.29, 1.82) is 0 Å². The van der Waals surface area contributed by atoms with Crippen molar-refractivity contribution >= 4 is 28.5 Å². The van der Waals surface area contributed by atoms with Crippen molar-refractivity contribution in [3.63, 3.8) is 0 Å². The SMILES string of the molecule is Cc1cc(C(F)(F)F)c(-c2ccc(CC(NC(=O)c3c(F)cc(N4CCO[C@H](C)[C@@H]4C(F)(F)F)cc3F)C(=O)O)c3cccnc23)c(=O)n1C. The van der Waals surface area contributed by atoms with Crippen LogP contribution in [0.3, 0.4) is 0 Å². The fourth-order valence-corrected chi connectivity index (χ4v) is 6.06. The largest absolute Gasteiger partial charge is 0.480 e. The van der Waals surface area contributed by atoms with E-state index in [0.717, 1.165) is 23.6 Å². The van der Waals surface area contributed by atoms with E-state index in [2.05, 4.69) is 4.98 Å². The van der Waals surface area contributed by atoms with Crippen LogP contribution in [0, 0.1) is 18.6 Å². The molecular formula is C33H28F8N4O5. The van der Waals surface area contributed by atoms with Gasteiger partial charge in [-0.3, -0.25) is 14.6 Å². The van der Waals surface area contributed by atoms with Gasteiger partial charge in [-0.05, 0) is 43.7 Å². The Morgan fingerprint density at radius 1 is 1.08 bits per heavy atom. The minimum atomic E-state index is -4.92. The average molecular weight is 713 g/mol. The molecule has 0 aliphatic carbocycles. The summed E-state index contributed by atoms with van der Waals surface area (Å²) in [5.41, 5.74) is -4.72. The van der Waals surface area contributed by atoms with Crippen molar-refractivity contribution in [2.45, 2.75) is 50.8 Å². The van der Waals surface area contributed by atoms with Crippen LogP contribution < -0.4 is 15.8 Å². The number of hydrogen-bond acceptors (Lipinski definition) is 6. The van der Waals surface area contributed by atoms with Crippen molar-refractivity contribution in [2.75, 3.05) is 18.1 Å². The molecule has 1 amide bonds. The molecule has 1 aliphatic rings. The molecule has 2 N–H and O–H groups in total. The summed E-state index contributed by atoms with van der Waals surface area (Å²) < 4.78 is 120. The number of benzene rings is 2. The molecule has 266 valence electrons. The summed E-state index contributed by atoms with van der Waals surface area (Å²) >= 11 is 0. The van der Waals surface area contributed by atoms with Crippen LogP contribution in [0.5, 0.6) is 0 Å². The van der Waals surface area contributed by atoms with Crippen molar-refractivity contribution < 1.29 is 54.6 Å². The standard InChI is InChI=1S/C33H28F8N4O5/c1-15-11-21(32(36,37)38)25(30(47)44(15)3)20-7-6-17(19-5-4-8-42-27(19)20)12-24(31(48)49)43-29(46)26-22(34)13-18(14-23(26)35)45-9-10-50-16(2)28(45)33(39,40)41/h4-8,11,13-14,16,24,28H,9-10,12H2,1-3H3,(H,43,46)(H,48,49)/t16-,24?,28-/m1/s1. The Hall–Kier alpha value is -5.06. The second-order valence-corrected chi connectivity index (χ2v) is 11.7. The third-order valence-electron chi connectivity index (χ3n) is 8.55. The van der Waals surface area contributed by atoms with Gasteiger partial charge >= 0.3 is 18.3 Å². The van der Waals surface area contributed by atoms with E-state index in [1.165, 1.54) is 38.4 Å². The third kappa shape index (κ3) is 6.86. The number of fused-ring (bicyclic) bond motifs is 1. The van der Waals surface area contributed by atoms with E-state index in [1.807, 2.05) is 5.32 Å². The van der Waals surface area contributed by atoms with Crippen LogP contribution in [-0.2, 0) is 29.2 Å². The van der Waals surface area contributed by atoms with Gasteiger partial charge < -0.3 is 24.6 Å². The number of amides is 1. The summed E-state index contributed by atoms with van der Waals surface area (Å²) in [4.78, 5) is 43.3. The number of aromatic nitrogens is 2. The predicted molar refractivity (Wildman–Crippen MR) is 164 cm³/mol. The summed E-state index contributed by atoms with van der Waals surface area (Å²) in [6.45, 7) is 1.95. The van der Waals surface area contributed by atoms with Gasteiger partial charge in [0.1, 0.15) is 23.2 Å². The van der Waals surface area contributed by atoms with Crippen LogP contribution in [0.25, 0.3) is 22.0 Å². The summed E-state index contributed by atoms with van der Waals surface area (Å²) in [6, 6.07) is 3.01. The fourth-order valence-electron chi connectivity index (χ4n) is 6.06. The van der Waals surface area contributed by atoms with Gasteiger partial charge in [-0.1, -0.05) is 18.2 Å². The Balaban J connectivity index is 1.48. The quantitative estimate of drug-likeness (QED) is 0.234. The summed E-state index contributed by atoms with van der Waals surface area (Å²) in [5.74, 6) is -6.29. The molecule has 1 aliphatic heterocycles. The Bertz CT molecular complexity index is 2020. The van der Waals surface area contributed by atoms with Crippen LogP contribution in [0.1, 0.15) is 34.1 Å². The van der Waals surface area contributed by atoms with Gasteiger partial charge in [-0.25, -0.2) is 13.6 Å². The minimum absolute atomic E-state index is 0.0451. The van der Waals surface area contributed by atoms with E-state index in [9.17, 15) is 45.8 Å². The average Bonchev–Trinajstić information content (AvgIpc) is 3.02. The second-order valence-electron chi connectivity index (χ2n) is 11.7. The van der Waals surface area contributed by atoms with E-state index in [-0.39, 0.29) is 40.9 Å². The van der Waals surface area contributed by atoms with Crippen molar-refractivity contribution in [3.8, 4) is 11.1 Å². The number of morpholine rings is 1. The molecule has 4 aromatic rings. The van der Waals surface area contributed by atoms with Gasteiger partial charge in [0.2, 0.25) is 0 Å². The van der Waals surface area contributed by atoms with E-state index < -0.39 is 88.4 Å². The number of aryl methyl sites for hydroxylation is 1. The maximum atomic E-state index is 15.2. The van der Waals surface area contributed by atoms with Crippen LogP contribution in [0.4, 0.5) is 40.8 Å². The Kier molecular flexibility index (Phi) is 9.66. The van der Waals surface area contributed by atoms with Gasteiger partial charge in [0.15, 0.2) is 6.04 Å². The highest BCUT2D eigenvalue weighted by Gasteiger charge is 2.49. The zero-order valence-corrected chi connectivity index (χ0v) is 26.4. The van der Waals surface area contributed by atoms with Crippen molar-refractivity contribution in [2.24, 2.45) is 7.05 Å². The van der Waals surface area contributed by atoms with Crippen LogP contribution in [0.15, 0.2) is 53.5 Å². The number of pyridine rings is 2. The number of anilines is 1. The van der Waals surface area contributed by atoms with Gasteiger partial charge in [-0.15, -0.1) is 0 Å². The monoisotopic (exact) mass is 712 g/mol. The number of rotatable bonds is 7. The molecule has 1 fully saturated rings. The van der Waals surface area contributed by atoms with Gasteiger partial charge in [0, 0.05) is 48.5 Å². The van der Waals surface area contributed by atoms with E-state index >= 15 is 8.78 Å². The molecule has 0 spiro atoms. The number of nitrogens with zero attached hydrogens (tertiary/aromatic N) is 3. The van der Waals surface area contributed by atoms with E-state index in [4.69, 9.17) is 4.74 Å². The number of carboxylic acid groups (broad SMARTS) is 1. The highest BCUT2D eigenvalue weighted by atomic mass is 19.4. The fraction of sp³-hybridized carbons (Fsp3) is 0.333. The lowest BCUT2D eigenvalue weighted by atomic mass is 9.93. The third-order valence-corrected chi connectivity index (χ3v) is 8.55. The number of aliphatic carboxylic acids is 1. The maximum Gasteiger partial charge on any atom is 0.417 e. The lowest BCUT2D eigenvalue weighted by Gasteiger charge is -2.42. The number of nitrogens with one attached hydrogen (secondary N) is 1. The molecule has 2 aromatic heterocycles. The summed E-state index contributed by atoms with van der Waals surface area (Å²) in [7, 11) is 1.30.